The summed E-state index contributed by atoms with van der Waals surface area (Å²) in [6.07, 6.45) is 4.61. The SMILES string of the molecule is O=C(Cn1ncccc1=O)Nc1cnc(N2CCN(c3ccccc3)CC2)nc1. The molecule has 1 saturated heterocycles. The molecule has 0 saturated carbocycles. The lowest BCUT2D eigenvalue weighted by molar-refractivity contribution is -0.117. The number of nitrogens with zero attached hydrogens (tertiary/aromatic N) is 6. The minimum absolute atomic E-state index is 0.164. The first-order valence-corrected chi connectivity index (χ1v) is 9.38. The molecule has 0 radical (unpaired) electrons. The summed E-state index contributed by atoms with van der Waals surface area (Å²) in [6, 6.07) is 13.2. The molecule has 0 atom stereocenters. The number of aromatic nitrogens is 4. The third kappa shape index (κ3) is 4.57. The van der Waals surface area contributed by atoms with Crippen LogP contribution in [0.15, 0.2) is 65.8 Å². The maximum atomic E-state index is 12.1. The molecule has 0 spiro atoms. The lowest BCUT2D eigenvalue weighted by Crippen LogP contribution is -2.47. The highest BCUT2D eigenvalue weighted by atomic mass is 16.2. The van der Waals surface area contributed by atoms with Crippen LogP contribution in [0.3, 0.4) is 0 Å². The molecule has 3 aromatic rings. The summed E-state index contributed by atoms with van der Waals surface area (Å²) < 4.78 is 1.09. The van der Waals surface area contributed by atoms with Crippen LogP contribution in [-0.2, 0) is 11.3 Å². The van der Waals surface area contributed by atoms with E-state index in [1.807, 2.05) is 18.2 Å². The van der Waals surface area contributed by atoms with Gasteiger partial charge in [-0.3, -0.25) is 9.59 Å². The summed E-state index contributed by atoms with van der Waals surface area (Å²) in [6.45, 7) is 3.27. The van der Waals surface area contributed by atoms with E-state index in [1.165, 1.54) is 24.0 Å². The topological polar surface area (TPSA) is 96.2 Å². The van der Waals surface area contributed by atoms with E-state index < -0.39 is 0 Å². The van der Waals surface area contributed by atoms with Crippen molar-refractivity contribution >= 4 is 23.2 Å². The molecule has 1 fully saturated rings. The molecule has 0 bridgehead atoms. The van der Waals surface area contributed by atoms with E-state index in [0.29, 0.717) is 11.6 Å². The van der Waals surface area contributed by atoms with Crippen molar-refractivity contribution in [3.05, 3.63) is 71.4 Å². The first-order valence-electron chi connectivity index (χ1n) is 9.38. The maximum Gasteiger partial charge on any atom is 0.267 e. The van der Waals surface area contributed by atoms with E-state index in [9.17, 15) is 9.59 Å². The molecule has 1 aliphatic heterocycles. The fourth-order valence-corrected chi connectivity index (χ4v) is 3.20. The standard InChI is InChI=1S/C20H21N7O2/c28-18(15-27-19(29)7-4-8-23-27)24-16-13-21-20(22-14-16)26-11-9-25(10-12-26)17-5-2-1-3-6-17/h1-8,13-14H,9-12,15H2,(H,24,28). The van der Waals surface area contributed by atoms with E-state index in [-0.39, 0.29) is 18.0 Å². The van der Waals surface area contributed by atoms with Crippen LogP contribution in [0.2, 0.25) is 0 Å². The Morgan fingerprint density at radius 2 is 1.62 bits per heavy atom. The highest BCUT2D eigenvalue weighted by Crippen LogP contribution is 2.18. The number of piperazine rings is 1. The van der Waals surface area contributed by atoms with Crippen molar-refractivity contribution in [1.29, 1.82) is 0 Å². The quantitative estimate of drug-likeness (QED) is 0.693. The average Bonchev–Trinajstić information content (AvgIpc) is 2.77. The third-order valence-electron chi connectivity index (χ3n) is 4.68. The smallest absolute Gasteiger partial charge is 0.267 e. The maximum absolute atomic E-state index is 12.1. The largest absolute Gasteiger partial charge is 0.368 e. The van der Waals surface area contributed by atoms with Crippen molar-refractivity contribution in [2.75, 3.05) is 41.3 Å². The molecule has 9 nitrogen and oxygen atoms in total. The summed E-state index contributed by atoms with van der Waals surface area (Å²) in [5, 5.41) is 6.55. The second kappa shape index (κ2) is 8.51. The molecule has 29 heavy (non-hydrogen) atoms. The van der Waals surface area contributed by atoms with Crippen LogP contribution in [0.1, 0.15) is 0 Å². The Morgan fingerprint density at radius 1 is 0.931 bits per heavy atom. The molecule has 1 N–H and O–H groups in total. The van der Waals surface area contributed by atoms with Crippen molar-refractivity contribution in [3.8, 4) is 0 Å². The monoisotopic (exact) mass is 391 g/mol. The Labute approximate surface area is 167 Å². The summed E-state index contributed by atoms with van der Waals surface area (Å²) >= 11 is 0. The second-order valence-corrected chi connectivity index (χ2v) is 6.65. The minimum atomic E-state index is -0.362. The summed E-state index contributed by atoms with van der Waals surface area (Å²) in [5.41, 5.74) is 1.37. The zero-order valence-corrected chi connectivity index (χ0v) is 15.8. The van der Waals surface area contributed by atoms with E-state index in [1.54, 1.807) is 12.4 Å². The molecule has 3 heterocycles. The molecule has 9 heteroatoms. The molecule has 4 rings (SSSR count). The van der Waals surface area contributed by atoms with Gasteiger partial charge in [-0.15, -0.1) is 0 Å². The van der Waals surface area contributed by atoms with Crippen molar-refractivity contribution in [1.82, 2.24) is 19.7 Å². The Kier molecular flexibility index (Phi) is 5.46. The number of anilines is 3. The lowest BCUT2D eigenvalue weighted by Gasteiger charge is -2.36. The first kappa shape index (κ1) is 18.6. The zero-order valence-electron chi connectivity index (χ0n) is 15.8. The van der Waals surface area contributed by atoms with Gasteiger partial charge < -0.3 is 15.1 Å². The van der Waals surface area contributed by atoms with Crippen LogP contribution in [0.5, 0.6) is 0 Å². The van der Waals surface area contributed by atoms with Gasteiger partial charge in [-0.05, 0) is 18.2 Å². The van der Waals surface area contributed by atoms with Crippen LogP contribution in [0.25, 0.3) is 0 Å². The molecule has 1 amide bonds. The number of amides is 1. The summed E-state index contributed by atoms with van der Waals surface area (Å²) in [7, 11) is 0. The molecule has 148 valence electrons. The normalized spacial score (nSPS) is 13.9. The Morgan fingerprint density at radius 3 is 2.31 bits per heavy atom. The first-order chi connectivity index (χ1) is 14.2. The van der Waals surface area contributed by atoms with Gasteiger partial charge >= 0.3 is 0 Å². The number of rotatable bonds is 5. The van der Waals surface area contributed by atoms with E-state index in [0.717, 1.165) is 30.9 Å². The number of hydrogen-bond acceptors (Lipinski definition) is 7. The molecular weight excluding hydrogens is 370 g/mol. The lowest BCUT2D eigenvalue weighted by atomic mass is 10.2. The zero-order chi connectivity index (χ0) is 20.1. The number of para-hydroxylation sites is 1. The van der Waals surface area contributed by atoms with Crippen LogP contribution in [-0.4, -0.2) is 51.8 Å². The van der Waals surface area contributed by atoms with Gasteiger partial charge in [0.05, 0.1) is 18.1 Å². The predicted molar refractivity (Wildman–Crippen MR) is 110 cm³/mol. The van der Waals surface area contributed by atoms with Crippen molar-refractivity contribution in [2.24, 2.45) is 0 Å². The van der Waals surface area contributed by atoms with E-state index >= 15 is 0 Å². The van der Waals surface area contributed by atoms with Gasteiger partial charge in [0.25, 0.3) is 5.56 Å². The van der Waals surface area contributed by atoms with Crippen molar-refractivity contribution < 1.29 is 4.79 Å². The van der Waals surface area contributed by atoms with Crippen LogP contribution < -0.4 is 20.7 Å². The summed E-state index contributed by atoms with van der Waals surface area (Å²) in [4.78, 5) is 36.9. The van der Waals surface area contributed by atoms with Gasteiger partial charge in [0.2, 0.25) is 11.9 Å². The van der Waals surface area contributed by atoms with E-state index in [4.69, 9.17) is 0 Å². The van der Waals surface area contributed by atoms with Gasteiger partial charge in [0, 0.05) is 44.1 Å². The number of carbonyl (C=O) groups is 1. The molecule has 1 aliphatic rings. The number of benzene rings is 1. The van der Waals surface area contributed by atoms with Gasteiger partial charge in [0.15, 0.2) is 0 Å². The fraction of sp³-hybridized carbons (Fsp3) is 0.250. The highest BCUT2D eigenvalue weighted by Gasteiger charge is 2.19. The van der Waals surface area contributed by atoms with Crippen LogP contribution in [0.4, 0.5) is 17.3 Å². The second-order valence-electron chi connectivity index (χ2n) is 6.65. The third-order valence-corrected chi connectivity index (χ3v) is 4.68. The average molecular weight is 391 g/mol. The highest BCUT2D eigenvalue weighted by molar-refractivity contribution is 5.90. The van der Waals surface area contributed by atoms with Crippen LogP contribution in [0, 0.1) is 0 Å². The molecule has 1 aromatic carbocycles. The minimum Gasteiger partial charge on any atom is -0.368 e. The fourth-order valence-electron chi connectivity index (χ4n) is 3.20. The Balaban J connectivity index is 1.32. The van der Waals surface area contributed by atoms with Gasteiger partial charge in [-0.1, -0.05) is 18.2 Å². The van der Waals surface area contributed by atoms with Crippen molar-refractivity contribution in [3.63, 3.8) is 0 Å². The van der Waals surface area contributed by atoms with Gasteiger partial charge in [0.1, 0.15) is 6.54 Å². The van der Waals surface area contributed by atoms with Gasteiger partial charge in [-0.25, -0.2) is 14.6 Å². The number of hydrogen-bond donors (Lipinski definition) is 1. The Hall–Kier alpha value is -3.75. The predicted octanol–water partition coefficient (Wildman–Crippen LogP) is 0.999. The number of nitrogens with one attached hydrogen (secondary N) is 1. The van der Waals surface area contributed by atoms with Crippen molar-refractivity contribution in [2.45, 2.75) is 6.54 Å². The van der Waals surface area contributed by atoms with Gasteiger partial charge in [-0.2, -0.15) is 5.10 Å². The van der Waals surface area contributed by atoms with Crippen LogP contribution >= 0.6 is 0 Å². The molecular formula is C20H21N7O2. The Bertz CT molecular complexity index is 1010. The summed E-state index contributed by atoms with van der Waals surface area (Å²) in [5.74, 6) is 0.273. The molecule has 2 aromatic heterocycles. The van der Waals surface area contributed by atoms with E-state index in [2.05, 4.69) is 42.3 Å². The number of carbonyl (C=O) groups excluding carboxylic acids is 1. The molecule has 0 unspecified atom stereocenters. The molecule has 0 aliphatic carbocycles.